The number of nitrogens with one attached hydrogen (secondary N) is 1. The summed E-state index contributed by atoms with van der Waals surface area (Å²) in [5.74, 6) is -0.196. The van der Waals surface area contributed by atoms with Crippen molar-refractivity contribution in [1.82, 2.24) is 10.2 Å². The maximum atomic E-state index is 12.2. The maximum absolute atomic E-state index is 12.2. The van der Waals surface area contributed by atoms with Crippen LogP contribution in [0.3, 0.4) is 0 Å². The number of rotatable bonds is 4. The van der Waals surface area contributed by atoms with E-state index in [1.807, 2.05) is 27.7 Å². The fourth-order valence-electron chi connectivity index (χ4n) is 2.34. The summed E-state index contributed by atoms with van der Waals surface area (Å²) in [5.41, 5.74) is -0.515. The highest BCUT2D eigenvalue weighted by atomic mass is 16.6. The Kier molecular flexibility index (Phi) is 6.45. The van der Waals surface area contributed by atoms with E-state index >= 15 is 0 Å². The molecule has 0 aliphatic carbocycles. The van der Waals surface area contributed by atoms with Crippen molar-refractivity contribution < 1.29 is 19.1 Å². The third kappa shape index (κ3) is 6.33. The Morgan fingerprint density at radius 1 is 1.38 bits per heavy atom. The van der Waals surface area contributed by atoms with Gasteiger partial charge in [0.2, 0.25) is 5.91 Å². The van der Waals surface area contributed by atoms with Crippen molar-refractivity contribution in [2.75, 3.05) is 26.8 Å². The monoisotopic (exact) mass is 300 g/mol. The van der Waals surface area contributed by atoms with E-state index in [9.17, 15) is 9.59 Å². The van der Waals surface area contributed by atoms with Crippen LogP contribution in [0, 0.1) is 5.92 Å². The molecule has 2 amide bonds. The second-order valence-electron chi connectivity index (χ2n) is 6.63. The van der Waals surface area contributed by atoms with Crippen LogP contribution >= 0.6 is 0 Å². The summed E-state index contributed by atoms with van der Waals surface area (Å²) in [5, 5.41) is 2.92. The molecule has 0 unspecified atom stereocenters. The Hall–Kier alpha value is -1.30. The van der Waals surface area contributed by atoms with Crippen molar-refractivity contribution >= 4 is 12.0 Å². The average Bonchev–Trinajstić information content (AvgIpc) is 2.37. The molecule has 2 atom stereocenters. The molecule has 122 valence electrons. The molecule has 0 spiro atoms. The van der Waals surface area contributed by atoms with Crippen molar-refractivity contribution in [3.8, 4) is 0 Å². The molecule has 1 rings (SSSR count). The van der Waals surface area contributed by atoms with Gasteiger partial charge in [0.05, 0.1) is 12.5 Å². The molecule has 1 saturated heterocycles. The SMILES string of the molecule is COC[C@H](C)NC(=O)[C@@H]1CCCN(C(=O)OC(C)(C)C)C1. The lowest BCUT2D eigenvalue weighted by Gasteiger charge is -2.33. The first-order valence-corrected chi connectivity index (χ1v) is 7.50. The van der Waals surface area contributed by atoms with E-state index in [1.54, 1.807) is 12.0 Å². The van der Waals surface area contributed by atoms with Gasteiger partial charge in [-0.05, 0) is 40.5 Å². The van der Waals surface area contributed by atoms with Crippen LogP contribution < -0.4 is 5.32 Å². The average molecular weight is 300 g/mol. The molecule has 1 heterocycles. The number of nitrogens with zero attached hydrogens (tertiary/aromatic N) is 1. The summed E-state index contributed by atoms with van der Waals surface area (Å²) in [7, 11) is 1.60. The molecule has 0 aromatic rings. The van der Waals surface area contributed by atoms with Crippen molar-refractivity contribution in [2.45, 2.75) is 52.2 Å². The number of piperidine rings is 1. The van der Waals surface area contributed by atoms with Gasteiger partial charge in [-0.3, -0.25) is 4.79 Å². The lowest BCUT2D eigenvalue weighted by Crippen LogP contribution is -2.48. The first-order valence-electron chi connectivity index (χ1n) is 7.50. The Balaban J connectivity index is 2.51. The molecular weight excluding hydrogens is 272 g/mol. The van der Waals surface area contributed by atoms with Gasteiger partial charge in [-0.25, -0.2) is 4.79 Å². The topological polar surface area (TPSA) is 67.9 Å². The highest BCUT2D eigenvalue weighted by Gasteiger charge is 2.31. The largest absolute Gasteiger partial charge is 0.444 e. The third-order valence-corrected chi connectivity index (χ3v) is 3.25. The van der Waals surface area contributed by atoms with E-state index < -0.39 is 5.60 Å². The summed E-state index contributed by atoms with van der Waals surface area (Å²) < 4.78 is 10.4. The van der Waals surface area contributed by atoms with E-state index in [1.165, 1.54) is 0 Å². The quantitative estimate of drug-likeness (QED) is 0.859. The van der Waals surface area contributed by atoms with Gasteiger partial charge in [0.25, 0.3) is 0 Å². The Labute approximate surface area is 127 Å². The molecule has 1 fully saturated rings. The highest BCUT2D eigenvalue weighted by Crippen LogP contribution is 2.19. The molecule has 21 heavy (non-hydrogen) atoms. The van der Waals surface area contributed by atoms with Gasteiger partial charge in [-0.1, -0.05) is 0 Å². The summed E-state index contributed by atoms with van der Waals surface area (Å²) in [4.78, 5) is 25.9. The van der Waals surface area contributed by atoms with E-state index in [4.69, 9.17) is 9.47 Å². The summed E-state index contributed by atoms with van der Waals surface area (Å²) >= 11 is 0. The molecule has 1 aliphatic heterocycles. The standard InChI is InChI=1S/C15H28N2O4/c1-11(10-20-5)16-13(18)12-7-6-8-17(9-12)14(19)21-15(2,3)4/h11-12H,6-10H2,1-5H3,(H,16,18)/t11-,12+/m0/s1. The molecule has 0 radical (unpaired) electrons. The summed E-state index contributed by atoms with van der Waals surface area (Å²) in [6.45, 7) is 8.96. The number of carbonyl (C=O) groups is 2. The van der Waals surface area contributed by atoms with Crippen LogP contribution in [-0.4, -0.2) is 55.3 Å². The zero-order chi connectivity index (χ0) is 16.0. The van der Waals surface area contributed by atoms with Gasteiger partial charge in [-0.15, -0.1) is 0 Å². The van der Waals surface area contributed by atoms with E-state index in [2.05, 4.69) is 5.32 Å². The number of likely N-dealkylation sites (tertiary alicyclic amines) is 1. The molecule has 6 heteroatoms. The van der Waals surface area contributed by atoms with Gasteiger partial charge in [0, 0.05) is 26.2 Å². The van der Waals surface area contributed by atoms with Crippen LogP contribution in [0.1, 0.15) is 40.5 Å². The van der Waals surface area contributed by atoms with E-state index in [-0.39, 0.29) is 24.0 Å². The van der Waals surface area contributed by atoms with Crippen molar-refractivity contribution in [3.63, 3.8) is 0 Å². The van der Waals surface area contributed by atoms with Crippen molar-refractivity contribution in [2.24, 2.45) is 5.92 Å². The van der Waals surface area contributed by atoms with Crippen molar-refractivity contribution in [1.29, 1.82) is 0 Å². The summed E-state index contributed by atoms with van der Waals surface area (Å²) in [6.07, 6.45) is 1.27. The number of carbonyl (C=O) groups excluding carboxylic acids is 2. The Morgan fingerprint density at radius 3 is 2.62 bits per heavy atom. The molecule has 0 saturated carbocycles. The predicted molar refractivity (Wildman–Crippen MR) is 80.0 cm³/mol. The van der Waals surface area contributed by atoms with Crippen LogP contribution in [0.4, 0.5) is 4.79 Å². The minimum atomic E-state index is -0.515. The molecule has 1 aliphatic rings. The minimum Gasteiger partial charge on any atom is -0.444 e. The molecule has 6 nitrogen and oxygen atoms in total. The Morgan fingerprint density at radius 2 is 2.05 bits per heavy atom. The van der Waals surface area contributed by atoms with Gasteiger partial charge in [0.15, 0.2) is 0 Å². The van der Waals surface area contributed by atoms with Gasteiger partial charge in [0.1, 0.15) is 5.60 Å². The lowest BCUT2D eigenvalue weighted by molar-refractivity contribution is -0.127. The molecule has 0 aromatic carbocycles. The zero-order valence-electron chi connectivity index (χ0n) is 13.8. The van der Waals surface area contributed by atoms with Crippen LogP contribution in [0.15, 0.2) is 0 Å². The number of ether oxygens (including phenoxy) is 2. The van der Waals surface area contributed by atoms with Gasteiger partial charge < -0.3 is 19.7 Å². The second-order valence-corrected chi connectivity index (χ2v) is 6.63. The number of amides is 2. The Bertz CT molecular complexity index is 365. The maximum Gasteiger partial charge on any atom is 0.410 e. The molecule has 1 N–H and O–H groups in total. The van der Waals surface area contributed by atoms with Crippen LogP contribution in [0.5, 0.6) is 0 Å². The molecule has 0 bridgehead atoms. The first kappa shape index (κ1) is 17.8. The number of hydrogen-bond donors (Lipinski definition) is 1. The van der Waals surface area contributed by atoms with Crippen molar-refractivity contribution in [3.05, 3.63) is 0 Å². The highest BCUT2D eigenvalue weighted by molar-refractivity contribution is 5.80. The third-order valence-electron chi connectivity index (χ3n) is 3.25. The zero-order valence-corrected chi connectivity index (χ0v) is 13.8. The smallest absolute Gasteiger partial charge is 0.410 e. The van der Waals surface area contributed by atoms with Crippen LogP contribution in [0.2, 0.25) is 0 Å². The number of hydrogen-bond acceptors (Lipinski definition) is 4. The normalized spacial score (nSPS) is 20.8. The molecule has 0 aromatic heterocycles. The summed E-state index contributed by atoms with van der Waals surface area (Å²) in [6, 6.07) is -0.0283. The van der Waals surface area contributed by atoms with Crippen LogP contribution in [0.25, 0.3) is 0 Å². The first-order chi connectivity index (χ1) is 9.73. The van der Waals surface area contributed by atoms with Crippen LogP contribution in [-0.2, 0) is 14.3 Å². The minimum absolute atomic E-state index is 0.0205. The van der Waals surface area contributed by atoms with E-state index in [0.29, 0.717) is 19.7 Å². The predicted octanol–water partition coefficient (Wildman–Crippen LogP) is 1.78. The van der Waals surface area contributed by atoms with Gasteiger partial charge >= 0.3 is 6.09 Å². The molecular formula is C15H28N2O4. The van der Waals surface area contributed by atoms with Gasteiger partial charge in [-0.2, -0.15) is 0 Å². The fourth-order valence-corrected chi connectivity index (χ4v) is 2.34. The fraction of sp³-hybridized carbons (Fsp3) is 0.867. The number of methoxy groups -OCH3 is 1. The lowest BCUT2D eigenvalue weighted by atomic mass is 9.97. The second kappa shape index (κ2) is 7.64. The van der Waals surface area contributed by atoms with E-state index in [0.717, 1.165) is 12.8 Å².